The number of likely N-dealkylation sites (tertiary alicyclic amines) is 1. The molecule has 3 amide bonds. The van der Waals surface area contributed by atoms with Gasteiger partial charge in [-0.25, -0.2) is 0 Å². The van der Waals surface area contributed by atoms with Crippen LogP contribution in [0.2, 0.25) is 0 Å². The lowest BCUT2D eigenvalue weighted by Crippen LogP contribution is -2.75. The topological polar surface area (TPSA) is 103 Å². The molecular weight excluding hydrogens is 394 g/mol. The number of benzene rings is 1. The zero-order valence-electron chi connectivity index (χ0n) is 18.5. The summed E-state index contributed by atoms with van der Waals surface area (Å²) in [6.07, 6.45) is 2.44. The molecule has 4 N–H and O–H groups in total. The first-order valence-electron chi connectivity index (χ1n) is 11.4. The minimum Gasteiger partial charge on any atom is -0.340 e. The Kier molecular flexibility index (Phi) is 6.29. The molecule has 3 heterocycles. The first-order chi connectivity index (χ1) is 14.8. The Labute approximate surface area is 183 Å². The van der Waals surface area contributed by atoms with Gasteiger partial charge in [0.1, 0.15) is 6.29 Å². The fourth-order valence-electron chi connectivity index (χ4n) is 4.93. The number of carbonyl (C=O) groups is 3. The first kappa shape index (κ1) is 21.8. The number of piperidine rings is 2. The van der Waals surface area contributed by atoms with Gasteiger partial charge in [0.15, 0.2) is 0 Å². The van der Waals surface area contributed by atoms with E-state index in [1.165, 1.54) is 12.0 Å². The molecule has 3 saturated heterocycles. The zero-order valence-corrected chi connectivity index (χ0v) is 18.5. The molecule has 3 aliphatic heterocycles. The Morgan fingerprint density at radius 2 is 1.87 bits per heavy atom. The van der Waals surface area contributed by atoms with Crippen molar-refractivity contribution in [1.82, 2.24) is 20.9 Å². The minimum absolute atomic E-state index is 0.00301. The molecule has 168 valence electrons. The van der Waals surface area contributed by atoms with E-state index in [2.05, 4.69) is 46.9 Å². The van der Waals surface area contributed by atoms with Crippen LogP contribution in [0.15, 0.2) is 24.3 Å². The predicted molar refractivity (Wildman–Crippen MR) is 118 cm³/mol. The van der Waals surface area contributed by atoms with Crippen molar-refractivity contribution in [3.05, 3.63) is 29.8 Å². The number of nitrogens with zero attached hydrogens (tertiary/aromatic N) is 1. The lowest BCUT2D eigenvalue weighted by atomic mass is 9.81. The van der Waals surface area contributed by atoms with Crippen LogP contribution in [0.3, 0.4) is 0 Å². The van der Waals surface area contributed by atoms with Gasteiger partial charge in [0.25, 0.3) is 0 Å². The molecule has 0 bridgehead atoms. The average Bonchev–Trinajstić information content (AvgIpc) is 2.73. The molecule has 0 aromatic heterocycles. The first-order valence-corrected chi connectivity index (χ1v) is 11.4. The van der Waals surface area contributed by atoms with Gasteiger partial charge in [0, 0.05) is 24.7 Å². The molecule has 3 aliphatic rings. The van der Waals surface area contributed by atoms with Crippen molar-refractivity contribution in [2.45, 2.75) is 70.9 Å². The van der Waals surface area contributed by atoms with Crippen LogP contribution in [0.5, 0.6) is 0 Å². The second kappa shape index (κ2) is 8.96. The van der Waals surface area contributed by atoms with E-state index in [1.54, 1.807) is 0 Å². The van der Waals surface area contributed by atoms with Crippen molar-refractivity contribution in [1.29, 1.82) is 0 Å². The molecule has 3 fully saturated rings. The average molecular weight is 428 g/mol. The summed E-state index contributed by atoms with van der Waals surface area (Å²) >= 11 is 0. The Balaban J connectivity index is 1.47. The molecular formula is C23H33N5O3. The lowest BCUT2D eigenvalue weighted by molar-refractivity contribution is -0.148. The van der Waals surface area contributed by atoms with Crippen LogP contribution in [-0.2, 0) is 14.4 Å². The van der Waals surface area contributed by atoms with Crippen LogP contribution >= 0.6 is 0 Å². The van der Waals surface area contributed by atoms with E-state index in [4.69, 9.17) is 0 Å². The molecule has 0 radical (unpaired) electrons. The van der Waals surface area contributed by atoms with E-state index in [0.29, 0.717) is 17.6 Å². The molecule has 1 aromatic rings. The van der Waals surface area contributed by atoms with Crippen LogP contribution < -0.4 is 21.3 Å². The quantitative estimate of drug-likeness (QED) is 0.586. The summed E-state index contributed by atoms with van der Waals surface area (Å²) in [5, 5.41) is 12.2. The van der Waals surface area contributed by atoms with Crippen LogP contribution in [0.1, 0.15) is 57.9 Å². The monoisotopic (exact) mass is 427 g/mol. The number of fused-ring (bicyclic) bond motifs is 1. The summed E-state index contributed by atoms with van der Waals surface area (Å²) < 4.78 is 0. The lowest BCUT2D eigenvalue weighted by Gasteiger charge is -2.48. The molecule has 0 saturated carbocycles. The summed E-state index contributed by atoms with van der Waals surface area (Å²) in [5.74, 6) is -1.69. The number of carbonyl (C=O) groups excluding carboxylic acids is 3. The van der Waals surface area contributed by atoms with Gasteiger partial charge in [-0.15, -0.1) is 0 Å². The Hall–Kier alpha value is -2.45. The number of rotatable bonds is 4. The molecule has 0 aliphatic carbocycles. The summed E-state index contributed by atoms with van der Waals surface area (Å²) in [5.41, 5.74) is 1.85. The van der Waals surface area contributed by atoms with Gasteiger partial charge in [-0.3, -0.25) is 24.6 Å². The molecule has 1 aromatic carbocycles. The van der Waals surface area contributed by atoms with E-state index >= 15 is 0 Å². The second-order valence-electron chi connectivity index (χ2n) is 9.31. The normalized spacial score (nSPS) is 31.5. The maximum absolute atomic E-state index is 13.1. The van der Waals surface area contributed by atoms with Crippen LogP contribution in [0.4, 0.5) is 5.69 Å². The predicted octanol–water partition coefficient (Wildman–Crippen LogP) is 1.70. The Morgan fingerprint density at radius 1 is 1.13 bits per heavy atom. The molecule has 4 rings (SSSR count). The molecule has 31 heavy (non-hydrogen) atoms. The summed E-state index contributed by atoms with van der Waals surface area (Å²) in [4.78, 5) is 40.7. The van der Waals surface area contributed by atoms with E-state index in [9.17, 15) is 14.4 Å². The highest BCUT2D eigenvalue weighted by Crippen LogP contribution is 2.29. The van der Waals surface area contributed by atoms with Crippen LogP contribution in [0.25, 0.3) is 0 Å². The van der Waals surface area contributed by atoms with Gasteiger partial charge < -0.3 is 16.0 Å². The SMILES string of the molecule is CC(C)c1ccc(NC(=O)C2CC(=O)NC3NC(N4CCCCC4C)NC(=O)C32)cc1. The highest BCUT2D eigenvalue weighted by atomic mass is 16.2. The number of hydrogen-bond donors (Lipinski definition) is 4. The highest BCUT2D eigenvalue weighted by Gasteiger charge is 2.49. The highest BCUT2D eigenvalue weighted by molar-refractivity contribution is 6.00. The Morgan fingerprint density at radius 3 is 2.55 bits per heavy atom. The molecule has 5 atom stereocenters. The van der Waals surface area contributed by atoms with Crippen molar-refractivity contribution < 1.29 is 14.4 Å². The van der Waals surface area contributed by atoms with Crippen LogP contribution in [0, 0.1) is 11.8 Å². The smallest absolute Gasteiger partial charge is 0.229 e. The molecule has 8 heteroatoms. The third-order valence-electron chi connectivity index (χ3n) is 6.80. The van der Waals surface area contributed by atoms with E-state index in [0.717, 1.165) is 19.4 Å². The maximum atomic E-state index is 13.1. The van der Waals surface area contributed by atoms with Crippen molar-refractivity contribution in [3.8, 4) is 0 Å². The third kappa shape index (κ3) is 4.60. The summed E-state index contributed by atoms with van der Waals surface area (Å²) in [6.45, 7) is 7.27. The van der Waals surface area contributed by atoms with E-state index < -0.39 is 18.0 Å². The number of amides is 3. The molecule has 8 nitrogen and oxygen atoms in total. The van der Waals surface area contributed by atoms with Gasteiger partial charge in [-0.05, 0) is 43.4 Å². The van der Waals surface area contributed by atoms with Crippen molar-refractivity contribution in [2.24, 2.45) is 11.8 Å². The van der Waals surface area contributed by atoms with Gasteiger partial charge in [-0.2, -0.15) is 0 Å². The second-order valence-corrected chi connectivity index (χ2v) is 9.31. The molecule has 5 unspecified atom stereocenters. The Bertz CT molecular complexity index is 840. The number of hydrogen-bond acceptors (Lipinski definition) is 5. The fourth-order valence-corrected chi connectivity index (χ4v) is 4.93. The van der Waals surface area contributed by atoms with Gasteiger partial charge >= 0.3 is 0 Å². The third-order valence-corrected chi connectivity index (χ3v) is 6.80. The molecule has 0 spiro atoms. The minimum atomic E-state index is -0.726. The fraction of sp³-hybridized carbons (Fsp3) is 0.609. The van der Waals surface area contributed by atoms with Gasteiger partial charge in [0.05, 0.1) is 18.0 Å². The maximum Gasteiger partial charge on any atom is 0.229 e. The largest absolute Gasteiger partial charge is 0.340 e. The van der Waals surface area contributed by atoms with Crippen molar-refractivity contribution in [3.63, 3.8) is 0 Å². The number of nitrogens with one attached hydrogen (secondary N) is 4. The van der Waals surface area contributed by atoms with Crippen molar-refractivity contribution >= 4 is 23.4 Å². The van der Waals surface area contributed by atoms with E-state index in [1.807, 2.05) is 24.3 Å². The van der Waals surface area contributed by atoms with Gasteiger partial charge in [0.2, 0.25) is 17.7 Å². The summed E-state index contributed by atoms with van der Waals surface area (Å²) in [7, 11) is 0. The van der Waals surface area contributed by atoms with E-state index in [-0.39, 0.29) is 30.4 Å². The standard InChI is InChI=1S/C23H33N5O3/c1-13(2)15-7-9-16(10-8-15)24-21(30)17-12-18(29)25-20-19(17)22(31)27-23(26-20)28-11-5-4-6-14(28)3/h7-10,13-14,17,19-20,23,26H,4-6,11-12H2,1-3H3,(H,24,30)(H,25,29)(H,27,31). The summed E-state index contributed by atoms with van der Waals surface area (Å²) in [6, 6.07) is 8.03. The van der Waals surface area contributed by atoms with Gasteiger partial charge in [-0.1, -0.05) is 32.4 Å². The van der Waals surface area contributed by atoms with Crippen LogP contribution in [-0.4, -0.2) is 47.7 Å². The van der Waals surface area contributed by atoms with Crippen molar-refractivity contribution in [2.75, 3.05) is 11.9 Å². The zero-order chi connectivity index (χ0) is 22.1. The number of anilines is 1.